The Morgan fingerprint density at radius 2 is 1.81 bits per heavy atom. The quantitative estimate of drug-likeness (QED) is 0.759. The number of hydrogen-bond donors (Lipinski definition) is 2. The third kappa shape index (κ3) is 2.28. The van der Waals surface area contributed by atoms with E-state index >= 15 is 0 Å². The van der Waals surface area contributed by atoms with Gasteiger partial charge in [-0.25, -0.2) is 4.79 Å². The lowest BCUT2D eigenvalue weighted by atomic mass is 10.0. The Morgan fingerprint density at radius 1 is 1.19 bits per heavy atom. The molecule has 2 bridgehead atoms. The van der Waals surface area contributed by atoms with E-state index in [4.69, 9.17) is 5.11 Å². The van der Waals surface area contributed by atoms with Crippen molar-refractivity contribution in [3.05, 3.63) is 0 Å². The summed E-state index contributed by atoms with van der Waals surface area (Å²) >= 11 is 0. The molecule has 2 rings (SSSR count). The van der Waals surface area contributed by atoms with Crippen LogP contribution in [-0.2, 0) is 4.79 Å². The summed E-state index contributed by atoms with van der Waals surface area (Å²) in [4.78, 5) is 24.1. The lowest BCUT2D eigenvalue weighted by molar-refractivity contribution is -0.136. The lowest BCUT2D eigenvalue weighted by Crippen LogP contribution is -2.49. The van der Waals surface area contributed by atoms with Crippen molar-refractivity contribution in [1.82, 2.24) is 10.2 Å². The van der Waals surface area contributed by atoms with Gasteiger partial charge in [0, 0.05) is 18.6 Å². The van der Waals surface area contributed by atoms with Crippen molar-refractivity contribution >= 4 is 12.0 Å². The highest BCUT2D eigenvalue weighted by Crippen LogP contribution is 2.35. The Kier molecular flexibility index (Phi) is 3.31. The summed E-state index contributed by atoms with van der Waals surface area (Å²) in [6, 6.07) is 0.709. The van der Waals surface area contributed by atoms with Gasteiger partial charge in [0.1, 0.15) is 0 Å². The second kappa shape index (κ2) is 4.72. The van der Waals surface area contributed by atoms with E-state index in [1.165, 1.54) is 6.42 Å². The molecule has 90 valence electrons. The number of nitrogens with zero attached hydrogens (tertiary/aromatic N) is 1. The predicted molar refractivity (Wildman–Crippen MR) is 58.2 cm³/mol. The summed E-state index contributed by atoms with van der Waals surface area (Å²) in [6.45, 7) is 0.226. The molecule has 0 saturated carbocycles. The van der Waals surface area contributed by atoms with Crippen molar-refractivity contribution in [1.29, 1.82) is 0 Å². The van der Waals surface area contributed by atoms with Crippen LogP contribution in [0.1, 0.15) is 38.5 Å². The van der Waals surface area contributed by atoms with Crippen LogP contribution in [0.25, 0.3) is 0 Å². The molecule has 0 aliphatic carbocycles. The molecule has 2 atom stereocenters. The molecule has 2 N–H and O–H groups in total. The Balaban J connectivity index is 1.83. The van der Waals surface area contributed by atoms with Gasteiger partial charge in [-0.15, -0.1) is 0 Å². The number of piperidine rings is 1. The molecule has 2 aliphatic heterocycles. The van der Waals surface area contributed by atoms with Gasteiger partial charge in [-0.3, -0.25) is 4.79 Å². The Labute approximate surface area is 94.8 Å². The molecule has 2 unspecified atom stereocenters. The van der Waals surface area contributed by atoms with Crippen molar-refractivity contribution in [2.45, 2.75) is 50.6 Å². The molecule has 16 heavy (non-hydrogen) atoms. The number of nitrogens with one attached hydrogen (secondary N) is 1. The van der Waals surface area contributed by atoms with Crippen molar-refractivity contribution < 1.29 is 14.7 Å². The molecule has 0 aromatic carbocycles. The van der Waals surface area contributed by atoms with E-state index < -0.39 is 5.97 Å². The number of carbonyl (C=O) groups excluding carboxylic acids is 1. The highest BCUT2D eigenvalue weighted by molar-refractivity contribution is 5.76. The van der Waals surface area contributed by atoms with Crippen molar-refractivity contribution in [3.63, 3.8) is 0 Å². The first-order chi connectivity index (χ1) is 7.68. The molecular weight excluding hydrogens is 208 g/mol. The second-order valence-electron chi connectivity index (χ2n) is 4.60. The van der Waals surface area contributed by atoms with E-state index in [9.17, 15) is 9.59 Å². The van der Waals surface area contributed by atoms with Crippen molar-refractivity contribution in [2.24, 2.45) is 0 Å². The average Bonchev–Trinajstić information content (AvgIpc) is 2.48. The summed E-state index contributed by atoms with van der Waals surface area (Å²) in [6.07, 6.45) is 5.63. The van der Waals surface area contributed by atoms with Gasteiger partial charge in [0.15, 0.2) is 0 Å². The first kappa shape index (κ1) is 11.2. The lowest BCUT2D eigenvalue weighted by Gasteiger charge is -2.34. The molecule has 0 spiro atoms. The largest absolute Gasteiger partial charge is 0.481 e. The first-order valence-electron chi connectivity index (χ1n) is 5.96. The molecule has 0 radical (unpaired) electrons. The molecule has 5 nitrogen and oxygen atoms in total. The fourth-order valence-corrected chi connectivity index (χ4v) is 2.82. The van der Waals surface area contributed by atoms with Crippen LogP contribution in [0.3, 0.4) is 0 Å². The number of carbonyl (C=O) groups is 2. The number of rotatable bonds is 3. The third-order valence-electron chi connectivity index (χ3n) is 3.54. The third-order valence-corrected chi connectivity index (χ3v) is 3.54. The molecule has 2 fully saturated rings. The maximum atomic E-state index is 11.9. The van der Waals surface area contributed by atoms with Crippen LogP contribution in [0.2, 0.25) is 0 Å². The van der Waals surface area contributed by atoms with Crippen LogP contribution < -0.4 is 5.32 Å². The first-order valence-corrected chi connectivity index (χ1v) is 5.96. The zero-order chi connectivity index (χ0) is 11.5. The van der Waals surface area contributed by atoms with E-state index in [1.807, 2.05) is 4.90 Å². The second-order valence-corrected chi connectivity index (χ2v) is 4.60. The van der Waals surface area contributed by atoms with Gasteiger partial charge in [0.2, 0.25) is 0 Å². The standard InChI is InChI=1S/C11H18N2O3/c14-10(15)6-7-12-11(16)13-8-2-1-3-9(13)5-4-8/h8-9H,1-7H2,(H,12,16)(H,14,15). The van der Waals surface area contributed by atoms with E-state index in [-0.39, 0.29) is 19.0 Å². The van der Waals surface area contributed by atoms with Gasteiger partial charge in [0.05, 0.1) is 6.42 Å². The zero-order valence-corrected chi connectivity index (χ0v) is 9.32. The number of hydrogen-bond acceptors (Lipinski definition) is 2. The highest BCUT2D eigenvalue weighted by atomic mass is 16.4. The monoisotopic (exact) mass is 226 g/mol. The van der Waals surface area contributed by atoms with Crippen LogP contribution in [0.15, 0.2) is 0 Å². The van der Waals surface area contributed by atoms with Crippen LogP contribution in [0.4, 0.5) is 4.79 Å². The molecule has 2 amide bonds. The molecule has 2 aliphatic rings. The van der Waals surface area contributed by atoms with Gasteiger partial charge in [-0.05, 0) is 32.1 Å². The minimum absolute atomic E-state index is 0.00505. The summed E-state index contributed by atoms with van der Waals surface area (Å²) in [5, 5.41) is 11.2. The molecule has 0 aromatic heterocycles. The van der Waals surface area contributed by atoms with Gasteiger partial charge >= 0.3 is 12.0 Å². The number of carboxylic acids is 1. The van der Waals surface area contributed by atoms with E-state index in [1.54, 1.807) is 0 Å². The summed E-state index contributed by atoms with van der Waals surface area (Å²) in [7, 11) is 0. The Morgan fingerprint density at radius 3 is 2.38 bits per heavy atom. The van der Waals surface area contributed by atoms with Crippen LogP contribution in [0, 0.1) is 0 Å². The summed E-state index contributed by atoms with van der Waals surface area (Å²) in [5.74, 6) is -0.873. The minimum Gasteiger partial charge on any atom is -0.481 e. The molecule has 2 saturated heterocycles. The fourth-order valence-electron chi connectivity index (χ4n) is 2.82. The summed E-state index contributed by atoms with van der Waals surface area (Å²) < 4.78 is 0. The predicted octanol–water partition coefficient (Wildman–Crippen LogP) is 1.19. The van der Waals surface area contributed by atoms with Crippen LogP contribution in [-0.4, -0.2) is 40.6 Å². The normalized spacial score (nSPS) is 27.9. The maximum Gasteiger partial charge on any atom is 0.317 e. The number of aliphatic carboxylic acids is 1. The van der Waals surface area contributed by atoms with Gasteiger partial charge < -0.3 is 15.3 Å². The van der Waals surface area contributed by atoms with Crippen molar-refractivity contribution in [3.8, 4) is 0 Å². The zero-order valence-electron chi connectivity index (χ0n) is 9.32. The Bertz CT molecular complexity index is 277. The van der Waals surface area contributed by atoms with Crippen molar-refractivity contribution in [2.75, 3.05) is 6.54 Å². The highest BCUT2D eigenvalue weighted by Gasteiger charge is 2.39. The smallest absolute Gasteiger partial charge is 0.317 e. The van der Waals surface area contributed by atoms with E-state index in [2.05, 4.69) is 5.32 Å². The average molecular weight is 226 g/mol. The van der Waals surface area contributed by atoms with Crippen LogP contribution in [0.5, 0.6) is 0 Å². The molecular formula is C11H18N2O3. The topological polar surface area (TPSA) is 69.6 Å². The molecule has 0 aromatic rings. The minimum atomic E-state index is -0.873. The van der Waals surface area contributed by atoms with E-state index in [0.717, 1.165) is 25.7 Å². The molecule has 5 heteroatoms. The number of fused-ring (bicyclic) bond motifs is 2. The maximum absolute atomic E-state index is 11.9. The van der Waals surface area contributed by atoms with Gasteiger partial charge in [0.25, 0.3) is 0 Å². The van der Waals surface area contributed by atoms with E-state index in [0.29, 0.717) is 12.1 Å². The summed E-state index contributed by atoms with van der Waals surface area (Å²) in [5.41, 5.74) is 0. The van der Waals surface area contributed by atoms with Gasteiger partial charge in [-0.1, -0.05) is 0 Å². The van der Waals surface area contributed by atoms with Gasteiger partial charge in [-0.2, -0.15) is 0 Å². The SMILES string of the molecule is O=C(O)CCNC(=O)N1C2CCCC1CC2. The van der Waals surface area contributed by atoms with Crippen LogP contribution >= 0.6 is 0 Å². The number of carboxylic acid groups (broad SMARTS) is 1. The number of urea groups is 1. The molecule has 2 heterocycles. The Hall–Kier alpha value is -1.26. The fraction of sp³-hybridized carbons (Fsp3) is 0.818. The number of amides is 2.